The predicted molar refractivity (Wildman–Crippen MR) is 60.4 cm³/mol. The number of nitrogens with one attached hydrogen (secondary N) is 1. The summed E-state index contributed by atoms with van der Waals surface area (Å²) in [5, 5.41) is 3.04. The summed E-state index contributed by atoms with van der Waals surface area (Å²) in [5.41, 5.74) is 2.21. The molecule has 0 amide bonds. The monoisotopic (exact) mass is 285 g/mol. The van der Waals surface area contributed by atoms with Crippen molar-refractivity contribution in [3.05, 3.63) is 41.6 Å². The van der Waals surface area contributed by atoms with Gasteiger partial charge in [0.25, 0.3) is 0 Å². The highest BCUT2D eigenvalue weighted by Crippen LogP contribution is 2.31. The smallest absolute Gasteiger partial charge is 0.146 e. The number of halogens is 1. The first-order chi connectivity index (χ1) is 6.33. The van der Waals surface area contributed by atoms with Gasteiger partial charge < -0.3 is 10.1 Å². The third kappa shape index (κ3) is 1.48. The summed E-state index contributed by atoms with van der Waals surface area (Å²) in [6.45, 7) is 0. The number of benzene rings is 1. The molecule has 0 saturated heterocycles. The summed E-state index contributed by atoms with van der Waals surface area (Å²) in [6, 6.07) is 7.76. The summed E-state index contributed by atoms with van der Waals surface area (Å²) < 4.78 is 1.14. The Balaban J connectivity index is 2.56. The lowest BCUT2D eigenvalue weighted by molar-refractivity contribution is -0.109. The Morgan fingerprint density at radius 3 is 2.92 bits per heavy atom. The van der Waals surface area contributed by atoms with E-state index < -0.39 is 0 Å². The second kappa shape index (κ2) is 3.49. The second-order valence-electron chi connectivity index (χ2n) is 2.86. The van der Waals surface area contributed by atoms with E-state index in [1.807, 2.05) is 30.5 Å². The van der Waals surface area contributed by atoms with Gasteiger partial charge in [-0.3, -0.25) is 0 Å². The van der Waals surface area contributed by atoms with Gasteiger partial charge in [0.1, 0.15) is 12.3 Å². The van der Waals surface area contributed by atoms with Crippen molar-refractivity contribution in [1.82, 2.24) is 5.32 Å². The van der Waals surface area contributed by atoms with E-state index in [9.17, 15) is 4.79 Å². The third-order valence-electron chi connectivity index (χ3n) is 2.08. The molecule has 1 aromatic rings. The van der Waals surface area contributed by atoms with E-state index >= 15 is 0 Å². The second-order valence-corrected chi connectivity index (χ2v) is 4.02. The van der Waals surface area contributed by atoms with Crippen LogP contribution in [0.4, 0.5) is 0 Å². The first-order valence-electron chi connectivity index (χ1n) is 3.99. The van der Waals surface area contributed by atoms with Gasteiger partial charge in [-0.2, -0.15) is 0 Å². The molecule has 0 fully saturated rings. The summed E-state index contributed by atoms with van der Waals surface area (Å²) >= 11 is 2.26. The minimum absolute atomic E-state index is 0.185. The maximum atomic E-state index is 10.7. The molecule has 1 aliphatic rings. The standard InChI is InChI=1S/C10H8INO/c11-9-5-12-10(6-13)8-4-2-1-3-7(8)9/h1-6,10,12H. The van der Waals surface area contributed by atoms with Crippen LogP contribution < -0.4 is 5.32 Å². The van der Waals surface area contributed by atoms with E-state index in [0.717, 1.165) is 21.0 Å². The minimum atomic E-state index is -0.185. The molecule has 0 saturated carbocycles. The van der Waals surface area contributed by atoms with Crippen LogP contribution in [0, 0.1) is 0 Å². The van der Waals surface area contributed by atoms with Crippen LogP contribution in [0.25, 0.3) is 3.58 Å². The molecule has 3 heteroatoms. The van der Waals surface area contributed by atoms with Gasteiger partial charge in [0, 0.05) is 9.78 Å². The molecule has 0 bridgehead atoms. The van der Waals surface area contributed by atoms with Crippen LogP contribution in [0.15, 0.2) is 30.5 Å². The Hall–Kier alpha value is -0.840. The van der Waals surface area contributed by atoms with Crippen LogP contribution in [0.2, 0.25) is 0 Å². The summed E-state index contributed by atoms with van der Waals surface area (Å²) in [5.74, 6) is 0. The van der Waals surface area contributed by atoms with Gasteiger partial charge in [-0.15, -0.1) is 0 Å². The Kier molecular flexibility index (Phi) is 2.35. The number of carbonyl (C=O) groups is 1. The molecule has 0 radical (unpaired) electrons. The van der Waals surface area contributed by atoms with Crippen LogP contribution in [0.3, 0.4) is 0 Å². The maximum absolute atomic E-state index is 10.7. The topological polar surface area (TPSA) is 29.1 Å². The highest BCUT2D eigenvalue weighted by molar-refractivity contribution is 14.1. The fraction of sp³-hybridized carbons (Fsp3) is 0.100. The van der Waals surface area contributed by atoms with Gasteiger partial charge in [-0.1, -0.05) is 24.3 Å². The Labute approximate surface area is 90.2 Å². The molecule has 66 valence electrons. The average molecular weight is 285 g/mol. The fourth-order valence-corrected chi connectivity index (χ4v) is 2.10. The number of aldehydes is 1. The predicted octanol–water partition coefficient (Wildman–Crippen LogP) is 2.26. The minimum Gasteiger partial charge on any atom is -0.377 e. The van der Waals surface area contributed by atoms with Gasteiger partial charge in [0.15, 0.2) is 0 Å². The van der Waals surface area contributed by atoms with Gasteiger partial charge in [0.2, 0.25) is 0 Å². The van der Waals surface area contributed by atoms with Crippen molar-refractivity contribution in [3.63, 3.8) is 0 Å². The van der Waals surface area contributed by atoms with Gasteiger partial charge in [0.05, 0.1) is 0 Å². The Bertz CT molecular complexity index is 373. The zero-order valence-electron chi connectivity index (χ0n) is 6.83. The van der Waals surface area contributed by atoms with Gasteiger partial charge in [-0.05, 0) is 33.7 Å². The normalized spacial score (nSPS) is 19.8. The van der Waals surface area contributed by atoms with Crippen molar-refractivity contribution in [2.24, 2.45) is 0 Å². The van der Waals surface area contributed by atoms with Crippen molar-refractivity contribution in [3.8, 4) is 0 Å². The average Bonchev–Trinajstić information content (AvgIpc) is 2.19. The van der Waals surface area contributed by atoms with E-state index in [4.69, 9.17) is 0 Å². The molecule has 0 aliphatic carbocycles. The third-order valence-corrected chi connectivity index (χ3v) is 2.97. The number of rotatable bonds is 1. The molecule has 2 nitrogen and oxygen atoms in total. The van der Waals surface area contributed by atoms with Crippen molar-refractivity contribution in [2.75, 3.05) is 0 Å². The summed E-state index contributed by atoms with van der Waals surface area (Å²) in [7, 11) is 0. The first kappa shape index (κ1) is 8.74. The van der Waals surface area contributed by atoms with E-state index in [2.05, 4.69) is 27.9 Å². The molecule has 1 N–H and O–H groups in total. The number of carbonyl (C=O) groups excluding carboxylic acids is 1. The van der Waals surface area contributed by atoms with Crippen molar-refractivity contribution in [2.45, 2.75) is 6.04 Å². The maximum Gasteiger partial charge on any atom is 0.146 e. The molecule has 1 aliphatic heterocycles. The van der Waals surface area contributed by atoms with Gasteiger partial charge >= 0.3 is 0 Å². The highest BCUT2D eigenvalue weighted by atomic mass is 127. The Morgan fingerprint density at radius 1 is 1.38 bits per heavy atom. The van der Waals surface area contributed by atoms with Crippen LogP contribution in [-0.2, 0) is 4.79 Å². The summed E-state index contributed by atoms with van der Waals surface area (Å²) in [4.78, 5) is 10.7. The molecule has 1 atom stereocenters. The number of hydrogen-bond donors (Lipinski definition) is 1. The highest BCUT2D eigenvalue weighted by Gasteiger charge is 2.18. The zero-order valence-corrected chi connectivity index (χ0v) is 8.99. The van der Waals surface area contributed by atoms with Crippen molar-refractivity contribution in [1.29, 1.82) is 0 Å². The SMILES string of the molecule is O=CC1NC=C(I)c2ccccc21. The van der Waals surface area contributed by atoms with Crippen molar-refractivity contribution < 1.29 is 4.79 Å². The van der Waals surface area contributed by atoms with E-state index in [-0.39, 0.29) is 6.04 Å². The van der Waals surface area contributed by atoms with Crippen molar-refractivity contribution >= 4 is 32.5 Å². The first-order valence-corrected chi connectivity index (χ1v) is 5.07. The summed E-state index contributed by atoms with van der Waals surface area (Å²) in [6.07, 6.45) is 2.81. The lowest BCUT2D eigenvalue weighted by Crippen LogP contribution is -2.21. The Morgan fingerprint density at radius 2 is 2.15 bits per heavy atom. The lowest BCUT2D eigenvalue weighted by Gasteiger charge is -2.20. The molecular formula is C10H8INO. The zero-order chi connectivity index (χ0) is 9.26. The molecule has 1 aromatic carbocycles. The van der Waals surface area contributed by atoms with E-state index in [1.165, 1.54) is 0 Å². The number of hydrogen-bond acceptors (Lipinski definition) is 2. The molecule has 0 aromatic heterocycles. The quantitative estimate of drug-likeness (QED) is 0.633. The van der Waals surface area contributed by atoms with Crippen LogP contribution in [0.1, 0.15) is 17.2 Å². The van der Waals surface area contributed by atoms with Crippen LogP contribution in [-0.4, -0.2) is 6.29 Å². The largest absolute Gasteiger partial charge is 0.377 e. The van der Waals surface area contributed by atoms with Crippen LogP contribution >= 0.6 is 22.6 Å². The molecule has 13 heavy (non-hydrogen) atoms. The lowest BCUT2D eigenvalue weighted by atomic mass is 9.99. The fourth-order valence-electron chi connectivity index (χ4n) is 1.43. The molecule has 0 spiro atoms. The van der Waals surface area contributed by atoms with E-state index in [0.29, 0.717) is 0 Å². The molecule has 1 unspecified atom stereocenters. The number of fused-ring (bicyclic) bond motifs is 1. The van der Waals surface area contributed by atoms with E-state index in [1.54, 1.807) is 0 Å². The van der Waals surface area contributed by atoms with Gasteiger partial charge in [-0.25, -0.2) is 0 Å². The molecule has 1 heterocycles. The molecular weight excluding hydrogens is 277 g/mol. The van der Waals surface area contributed by atoms with Crippen LogP contribution in [0.5, 0.6) is 0 Å². The molecule has 2 rings (SSSR count).